The van der Waals surface area contributed by atoms with Gasteiger partial charge in [-0.2, -0.15) is 0 Å². The minimum absolute atomic E-state index is 0.201. The summed E-state index contributed by atoms with van der Waals surface area (Å²) in [5.74, 6) is -0.201. The molecule has 1 unspecified atom stereocenters. The van der Waals surface area contributed by atoms with Gasteiger partial charge in [0.05, 0.1) is 0 Å². The Kier molecular flexibility index (Phi) is 3.52. The van der Waals surface area contributed by atoms with Crippen LogP contribution in [0.5, 0.6) is 5.88 Å². The minimum atomic E-state index is -3.16. The average molecular weight is 342 g/mol. The van der Waals surface area contributed by atoms with Gasteiger partial charge in [-0.1, -0.05) is 0 Å². The van der Waals surface area contributed by atoms with E-state index >= 15 is 0 Å². The van der Waals surface area contributed by atoms with Crippen molar-refractivity contribution in [2.45, 2.75) is 24.5 Å². The molecular formula is C11H16BN4O6P. The molecule has 12 heteroatoms. The second-order valence-electron chi connectivity index (χ2n) is 5.58. The molecule has 2 aromatic heterocycles. The van der Waals surface area contributed by atoms with Crippen LogP contribution in [0.1, 0.15) is 6.23 Å². The molecular weight excluding hydrogens is 326 g/mol. The monoisotopic (exact) mass is 342 g/mol. The van der Waals surface area contributed by atoms with Gasteiger partial charge in [0, 0.05) is 0 Å². The fourth-order valence-electron chi connectivity index (χ4n) is 3.01. The molecule has 4 heterocycles. The van der Waals surface area contributed by atoms with E-state index < -0.39 is 26.3 Å². The van der Waals surface area contributed by atoms with E-state index in [0.29, 0.717) is 5.65 Å². The molecule has 2 aromatic rings. The first kappa shape index (κ1) is 15.2. The number of nitrogens with zero attached hydrogens (tertiary/aromatic N) is 4. The van der Waals surface area contributed by atoms with Gasteiger partial charge >= 0.3 is 131 Å². The van der Waals surface area contributed by atoms with Crippen molar-refractivity contribution >= 4 is 26.6 Å². The summed E-state index contributed by atoms with van der Waals surface area (Å²) in [5.41, 5.74) is 0.701. The Labute approximate surface area is 132 Å². The Morgan fingerprint density at radius 2 is 2.26 bits per heavy atom. The van der Waals surface area contributed by atoms with Gasteiger partial charge in [0.2, 0.25) is 0 Å². The zero-order valence-corrected chi connectivity index (χ0v) is 13.5. The summed E-state index contributed by atoms with van der Waals surface area (Å²) < 4.78 is 24.2. The third kappa shape index (κ3) is 2.40. The number of rotatable bonds is 2. The number of aromatic hydroxyl groups is 1. The Bertz CT molecular complexity index is 744. The Balaban J connectivity index is 1.72. The van der Waals surface area contributed by atoms with E-state index in [0.717, 1.165) is 0 Å². The van der Waals surface area contributed by atoms with Crippen LogP contribution >= 0.6 is 7.82 Å². The number of aromatic nitrogens is 4. The Hall–Kier alpha value is -1.36. The van der Waals surface area contributed by atoms with E-state index in [1.54, 1.807) is 19.2 Å². The van der Waals surface area contributed by atoms with Crippen LogP contribution in [0.15, 0.2) is 12.7 Å². The van der Waals surface area contributed by atoms with Crippen LogP contribution in [-0.4, -0.2) is 69.1 Å². The Morgan fingerprint density at radius 1 is 1.43 bits per heavy atom. The number of hydrogen-bond donors (Lipinski definition) is 2. The molecule has 0 aromatic carbocycles. The predicted octanol–water partition coefficient (Wildman–Crippen LogP) is -1.11. The van der Waals surface area contributed by atoms with E-state index in [-0.39, 0.29) is 24.1 Å². The fourth-order valence-corrected chi connectivity index (χ4v) is 4.34. The average Bonchev–Trinajstić information content (AvgIpc) is 3.07. The first-order valence-corrected chi connectivity index (χ1v) is 9.35. The molecule has 4 atom stereocenters. The van der Waals surface area contributed by atoms with Crippen molar-refractivity contribution in [2.75, 3.05) is 13.7 Å². The quantitative estimate of drug-likeness (QED) is 0.517. The van der Waals surface area contributed by atoms with E-state index in [9.17, 15) is 10.00 Å². The second-order valence-corrected chi connectivity index (χ2v) is 7.90. The maximum absolute atomic E-state index is 10.1. The number of methoxy groups -OCH3 is 1. The summed E-state index contributed by atoms with van der Waals surface area (Å²) >= 11 is 0. The summed E-state index contributed by atoms with van der Waals surface area (Å²) in [4.78, 5) is 22.0. The third-order valence-electron chi connectivity index (χ3n) is 4.04. The van der Waals surface area contributed by atoms with Crippen molar-refractivity contribution < 1.29 is 28.5 Å². The van der Waals surface area contributed by atoms with Crippen molar-refractivity contribution in [1.82, 2.24) is 19.5 Å². The van der Waals surface area contributed by atoms with E-state index in [4.69, 9.17) is 18.5 Å². The molecule has 2 aliphatic rings. The molecule has 10 nitrogen and oxygen atoms in total. The molecule has 0 amide bonds. The van der Waals surface area contributed by atoms with Gasteiger partial charge in [-0.25, -0.2) is 0 Å². The fraction of sp³-hybridized carbons (Fsp3) is 0.545. The summed E-state index contributed by atoms with van der Waals surface area (Å²) in [6.07, 6.45) is 0.887. The summed E-state index contributed by atoms with van der Waals surface area (Å²) in [6, 6.07) is 0. The molecule has 124 valence electrons. The number of ether oxygens (including phenoxy) is 2. The van der Waals surface area contributed by atoms with Gasteiger partial charge in [-0.3, -0.25) is 0 Å². The molecule has 0 radical (unpaired) electrons. The molecule has 2 saturated heterocycles. The van der Waals surface area contributed by atoms with Crippen LogP contribution in [-0.2, 0) is 18.5 Å². The number of imidazole rings is 1. The first-order valence-electron chi connectivity index (χ1n) is 7.09. The topological polar surface area (TPSA) is 121 Å². The van der Waals surface area contributed by atoms with Crippen LogP contribution in [0.4, 0.5) is 0 Å². The predicted molar refractivity (Wildman–Crippen MR) is 81.6 cm³/mol. The van der Waals surface area contributed by atoms with E-state index in [1.807, 2.05) is 0 Å². The number of fused-ring (bicyclic) bond motifs is 2. The molecule has 0 bridgehead atoms. The molecule has 2 N–H and O–H groups in total. The van der Waals surface area contributed by atoms with Crippen LogP contribution in [0.25, 0.3) is 11.2 Å². The first-order chi connectivity index (χ1) is 11.0. The van der Waals surface area contributed by atoms with Crippen molar-refractivity contribution in [1.29, 1.82) is 0 Å². The van der Waals surface area contributed by atoms with Crippen LogP contribution in [0.3, 0.4) is 0 Å². The summed E-state index contributed by atoms with van der Waals surface area (Å²) in [5, 5.41) is 9.75. The SMILES string of the molecule is B[PH]1(O)OC[C@H]2O[C@@H](n3cnc4c(O)ncnc43)C(OC)[C@H]2O1. The zero-order valence-electron chi connectivity index (χ0n) is 12.5. The molecule has 2 aliphatic heterocycles. The summed E-state index contributed by atoms with van der Waals surface area (Å²) in [7, 11) is -0.0596. The van der Waals surface area contributed by atoms with E-state index in [2.05, 4.69) is 15.0 Å². The van der Waals surface area contributed by atoms with Crippen molar-refractivity contribution in [3.8, 4) is 5.88 Å². The van der Waals surface area contributed by atoms with Gasteiger partial charge in [-0.15, -0.1) is 0 Å². The standard InChI is InChI=1S/C11H16BN4O6P/c1-19-8-7-5(2-20-23(12,18)22-7)21-11(8)16-4-15-6-9(16)13-3-14-10(6)17/h3-5,7-8,11,18,23H,2,12H2,1H3,(H,13,14,17)/t5-,7+,8?,11-/m1/s1. The van der Waals surface area contributed by atoms with E-state index in [1.165, 1.54) is 12.7 Å². The maximum atomic E-state index is 10.1. The molecule has 0 saturated carbocycles. The van der Waals surface area contributed by atoms with Crippen molar-refractivity contribution in [2.24, 2.45) is 0 Å². The number of hydrogen-bond acceptors (Lipinski definition) is 9. The molecule has 0 aliphatic carbocycles. The van der Waals surface area contributed by atoms with Gasteiger partial charge in [0.25, 0.3) is 0 Å². The third-order valence-corrected chi connectivity index (χ3v) is 5.45. The molecule has 0 spiro atoms. The Morgan fingerprint density at radius 3 is 3.04 bits per heavy atom. The van der Waals surface area contributed by atoms with Crippen molar-refractivity contribution in [3.63, 3.8) is 0 Å². The summed E-state index contributed by atoms with van der Waals surface area (Å²) in [6.45, 7) is 0.229. The van der Waals surface area contributed by atoms with Gasteiger partial charge < -0.3 is 0 Å². The van der Waals surface area contributed by atoms with Crippen molar-refractivity contribution in [3.05, 3.63) is 12.7 Å². The van der Waals surface area contributed by atoms with Gasteiger partial charge in [0.1, 0.15) is 0 Å². The van der Waals surface area contributed by atoms with Crippen LogP contribution in [0, 0.1) is 0 Å². The van der Waals surface area contributed by atoms with Crippen LogP contribution in [0.2, 0.25) is 0 Å². The molecule has 4 rings (SSSR count). The van der Waals surface area contributed by atoms with Gasteiger partial charge in [0.15, 0.2) is 0 Å². The molecule has 23 heavy (non-hydrogen) atoms. The molecule has 2 fully saturated rings. The normalized spacial score (nSPS) is 34.3. The van der Waals surface area contributed by atoms with Crippen LogP contribution < -0.4 is 0 Å². The second kappa shape index (κ2) is 5.33. The zero-order chi connectivity index (χ0) is 16.2. The van der Waals surface area contributed by atoms with Gasteiger partial charge in [-0.05, 0) is 0 Å².